The van der Waals surface area contributed by atoms with E-state index in [9.17, 15) is 0 Å². The zero-order chi connectivity index (χ0) is 32.5. The summed E-state index contributed by atoms with van der Waals surface area (Å²) in [5, 5.41) is 5.98. The van der Waals surface area contributed by atoms with Crippen molar-refractivity contribution >= 4 is 64.2 Å². The van der Waals surface area contributed by atoms with E-state index in [0.717, 1.165) is 44.7 Å². The number of ether oxygens (including phenoxy) is 1. The zero-order valence-corrected chi connectivity index (χ0v) is 27.4. The molecular weight excluding hydrogens is 631 g/mol. The Kier molecular flexibility index (Phi) is 5.14. The summed E-state index contributed by atoms with van der Waals surface area (Å²) in [6.45, 7) is 0. The maximum atomic E-state index is 6.34. The summed E-state index contributed by atoms with van der Waals surface area (Å²) in [6.07, 6.45) is 0. The van der Waals surface area contributed by atoms with Crippen LogP contribution in [0.2, 0.25) is 0 Å². The number of hydrogen-bond donors (Lipinski definition) is 0. The summed E-state index contributed by atoms with van der Waals surface area (Å²) < 4.78 is 11.3. The minimum atomic E-state index is 0.0964. The lowest BCUT2D eigenvalue weighted by atomic mass is 9.88. The second kappa shape index (κ2) is 9.65. The van der Waals surface area contributed by atoms with Crippen molar-refractivity contribution in [1.29, 1.82) is 0 Å². The van der Waals surface area contributed by atoms with Gasteiger partial charge in [0.2, 0.25) is 5.95 Å². The van der Waals surface area contributed by atoms with Crippen molar-refractivity contribution in [3.8, 4) is 39.8 Å². The van der Waals surface area contributed by atoms with Crippen LogP contribution in [-0.2, 0) is 0 Å². The van der Waals surface area contributed by atoms with Crippen LogP contribution in [0.3, 0.4) is 0 Å². The minimum Gasteiger partial charge on any atom is -0.456 e. The van der Waals surface area contributed by atoms with E-state index in [1.807, 2.05) is 41.7 Å². The van der Waals surface area contributed by atoms with Crippen molar-refractivity contribution in [3.05, 3.63) is 162 Å². The molecule has 12 rings (SSSR count). The van der Waals surface area contributed by atoms with Crippen LogP contribution in [-0.4, -0.2) is 14.5 Å². The molecule has 1 aliphatic heterocycles. The van der Waals surface area contributed by atoms with Gasteiger partial charge in [-0.25, -0.2) is 9.97 Å². The van der Waals surface area contributed by atoms with Crippen LogP contribution in [0.1, 0.15) is 22.6 Å². The van der Waals surface area contributed by atoms with Crippen LogP contribution in [0.4, 0.5) is 0 Å². The van der Waals surface area contributed by atoms with E-state index in [1.54, 1.807) is 0 Å². The molecular formula is C45H25N3OS. The highest BCUT2D eigenvalue weighted by atomic mass is 32.1. The van der Waals surface area contributed by atoms with E-state index in [4.69, 9.17) is 14.7 Å². The highest BCUT2D eigenvalue weighted by Gasteiger charge is 2.35. The van der Waals surface area contributed by atoms with Crippen LogP contribution in [0.5, 0.6) is 11.5 Å². The highest BCUT2D eigenvalue weighted by molar-refractivity contribution is 7.26. The molecule has 1 aliphatic carbocycles. The maximum Gasteiger partial charge on any atom is 0.235 e. The standard InChI is InChI=1S/C45H25N3OS/c1-2-14-28-27(13-1)39(33-17-9-16-30-26-12-5-8-22-38(26)50-44(30)33)32-24-23-29-25-11-3-6-19-35(25)48(43(29)40(28)32)45-46-34-18-10-21-37-41(34)42(47-45)31-15-4-7-20-36(31)49-37/h1-24,39H. The smallest absolute Gasteiger partial charge is 0.235 e. The Morgan fingerprint density at radius 3 is 2.24 bits per heavy atom. The average Bonchev–Trinajstić information content (AvgIpc) is 3.83. The molecule has 0 N–H and O–H groups in total. The molecule has 0 radical (unpaired) electrons. The first-order valence-electron chi connectivity index (χ1n) is 17.0. The van der Waals surface area contributed by atoms with E-state index in [1.165, 1.54) is 58.8 Å². The molecule has 1 atom stereocenters. The fourth-order valence-corrected chi connectivity index (χ4v) is 9.92. The number of benzene rings is 7. The molecule has 2 aliphatic rings. The predicted octanol–water partition coefficient (Wildman–Crippen LogP) is 12.0. The summed E-state index contributed by atoms with van der Waals surface area (Å²) >= 11 is 1.90. The number of hydrogen-bond acceptors (Lipinski definition) is 4. The van der Waals surface area contributed by atoms with Gasteiger partial charge in [-0.15, -0.1) is 11.3 Å². The van der Waals surface area contributed by atoms with Crippen molar-refractivity contribution in [2.75, 3.05) is 0 Å². The van der Waals surface area contributed by atoms with Crippen molar-refractivity contribution in [3.63, 3.8) is 0 Å². The van der Waals surface area contributed by atoms with Crippen LogP contribution in [0.25, 0.3) is 81.2 Å². The quantitative estimate of drug-likeness (QED) is 0.186. The Morgan fingerprint density at radius 1 is 0.540 bits per heavy atom. The minimum absolute atomic E-state index is 0.0964. The first-order chi connectivity index (χ1) is 24.8. The molecule has 1 unspecified atom stereocenters. The molecule has 0 spiro atoms. The molecule has 50 heavy (non-hydrogen) atoms. The van der Waals surface area contributed by atoms with Gasteiger partial charge in [0.25, 0.3) is 0 Å². The van der Waals surface area contributed by atoms with Gasteiger partial charge < -0.3 is 4.74 Å². The predicted molar refractivity (Wildman–Crippen MR) is 205 cm³/mol. The van der Waals surface area contributed by atoms with Gasteiger partial charge in [0, 0.05) is 48.0 Å². The van der Waals surface area contributed by atoms with E-state index in [0.29, 0.717) is 5.95 Å². The second-order valence-corrected chi connectivity index (χ2v) is 14.3. The van der Waals surface area contributed by atoms with Gasteiger partial charge in [0.05, 0.1) is 27.6 Å². The van der Waals surface area contributed by atoms with Gasteiger partial charge in [-0.1, -0.05) is 109 Å². The lowest BCUT2D eigenvalue weighted by molar-refractivity contribution is 0.486. The Morgan fingerprint density at radius 2 is 1.28 bits per heavy atom. The number of nitrogens with zero attached hydrogens (tertiary/aromatic N) is 3. The van der Waals surface area contributed by atoms with Crippen molar-refractivity contribution in [2.45, 2.75) is 5.92 Å². The number of aromatic nitrogens is 3. The lowest BCUT2D eigenvalue weighted by Gasteiger charge is -2.21. The van der Waals surface area contributed by atoms with E-state index in [-0.39, 0.29) is 5.92 Å². The summed E-state index contributed by atoms with van der Waals surface area (Å²) in [5.74, 6) is 2.36. The number of para-hydroxylation sites is 2. The molecule has 0 bridgehead atoms. The summed E-state index contributed by atoms with van der Waals surface area (Å²) in [7, 11) is 0. The van der Waals surface area contributed by atoms with Gasteiger partial charge in [0.15, 0.2) is 0 Å². The molecule has 3 aromatic heterocycles. The Labute approximate surface area is 290 Å². The molecule has 4 heterocycles. The lowest BCUT2D eigenvalue weighted by Crippen LogP contribution is -2.07. The highest BCUT2D eigenvalue weighted by Crippen LogP contribution is 2.54. The molecule has 232 valence electrons. The first kappa shape index (κ1) is 26.6. The van der Waals surface area contributed by atoms with Crippen molar-refractivity contribution < 1.29 is 4.74 Å². The summed E-state index contributed by atoms with van der Waals surface area (Å²) in [5.41, 5.74) is 11.5. The van der Waals surface area contributed by atoms with Gasteiger partial charge in [-0.3, -0.25) is 4.57 Å². The molecule has 4 nitrogen and oxygen atoms in total. The van der Waals surface area contributed by atoms with Crippen LogP contribution >= 0.6 is 11.3 Å². The largest absolute Gasteiger partial charge is 0.456 e. The Hall–Kier alpha value is -6.30. The van der Waals surface area contributed by atoms with E-state index in [2.05, 4.69) is 120 Å². The molecule has 10 aromatic rings. The molecule has 0 saturated carbocycles. The Balaban J connectivity index is 1.20. The molecule has 0 saturated heterocycles. The van der Waals surface area contributed by atoms with Gasteiger partial charge in [0.1, 0.15) is 11.5 Å². The fourth-order valence-electron chi connectivity index (χ4n) is 8.67. The second-order valence-electron chi connectivity index (χ2n) is 13.2. The van der Waals surface area contributed by atoms with Gasteiger partial charge in [-0.2, -0.15) is 0 Å². The van der Waals surface area contributed by atoms with Crippen LogP contribution < -0.4 is 4.74 Å². The molecule has 0 fully saturated rings. The third kappa shape index (κ3) is 3.39. The van der Waals surface area contributed by atoms with E-state index < -0.39 is 0 Å². The molecule has 7 aromatic carbocycles. The SMILES string of the molecule is c1ccc2c(c1)Oc1cccc3nc(-n4c5ccccc5c5ccc6c(c54)-c4ccccc4C6c4cccc5c4sc4ccccc45)nc-2c13. The maximum absolute atomic E-state index is 6.34. The van der Waals surface area contributed by atoms with Crippen molar-refractivity contribution in [2.24, 2.45) is 0 Å². The normalized spacial score (nSPS) is 14.4. The zero-order valence-electron chi connectivity index (χ0n) is 26.6. The monoisotopic (exact) mass is 655 g/mol. The van der Waals surface area contributed by atoms with E-state index >= 15 is 0 Å². The van der Waals surface area contributed by atoms with Gasteiger partial charge >= 0.3 is 0 Å². The number of rotatable bonds is 2. The topological polar surface area (TPSA) is 39.9 Å². The summed E-state index contributed by atoms with van der Waals surface area (Å²) in [6, 6.07) is 52.2. The average molecular weight is 656 g/mol. The summed E-state index contributed by atoms with van der Waals surface area (Å²) in [4.78, 5) is 10.7. The Bertz CT molecular complexity index is 3100. The third-order valence-electron chi connectivity index (χ3n) is 10.7. The van der Waals surface area contributed by atoms with Crippen molar-refractivity contribution in [1.82, 2.24) is 14.5 Å². The molecule has 5 heteroatoms. The number of thiophene rings is 1. The third-order valence-corrected chi connectivity index (χ3v) is 11.9. The molecule has 0 amide bonds. The van der Waals surface area contributed by atoms with Gasteiger partial charge in [-0.05, 0) is 58.7 Å². The number of fused-ring (bicyclic) bond motifs is 12. The fraction of sp³-hybridized carbons (Fsp3) is 0.0222. The van der Waals surface area contributed by atoms with Crippen LogP contribution in [0.15, 0.2) is 146 Å². The first-order valence-corrected chi connectivity index (χ1v) is 17.8. The van der Waals surface area contributed by atoms with Crippen LogP contribution in [0, 0.1) is 0 Å².